The summed E-state index contributed by atoms with van der Waals surface area (Å²) in [5.41, 5.74) is 4.04. The second-order valence-corrected chi connectivity index (χ2v) is 5.99. The largest absolute Gasteiger partial charge is 0.496 e. The quantitative estimate of drug-likeness (QED) is 0.835. The number of aryl methyl sites for hydroxylation is 2. The molecule has 1 aliphatic rings. The lowest BCUT2D eigenvalue weighted by Gasteiger charge is -2.22. The van der Waals surface area contributed by atoms with Crippen LogP contribution in [0, 0.1) is 25.7 Å². The Kier molecular flexibility index (Phi) is 4.51. The Morgan fingerprint density at radius 3 is 2.53 bits per heavy atom. The highest BCUT2D eigenvalue weighted by molar-refractivity contribution is 5.43. The lowest BCUT2D eigenvalue weighted by atomic mass is 9.94. The van der Waals surface area contributed by atoms with E-state index in [-0.39, 0.29) is 0 Å². The highest BCUT2D eigenvalue weighted by Crippen LogP contribution is 2.48. The van der Waals surface area contributed by atoms with E-state index in [0.717, 1.165) is 24.1 Å². The zero-order valence-corrected chi connectivity index (χ0v) is 12.9. The van der Waals surface area contributed by atoms with Crippen LogP contribution < -0.4 is 10.1 Å². The molecule has 2 heteroatoms. The third kappa shape index (κ3) is 3.11. The van der Waals surface area contributed by atoms with E-state index < -0.39 is 0 Å². The fourth-order valence-electron chi connectivity index (χ4n) is 2.97. The minimum Gasteiger partial charge on any atom is -0.496 e. The summed E-state index contributed by atoms with van der Waals surface area (Å²) in [6, 6.07) is 5.00. The molecule has 2 nitrogen and oxygen atoms in total. The topological polar surface area (TPSA) is 21.3 Å². The summed E-state index contributed by atoms with van der Waals surface area (Å²) in [5.74, 6) is 2.66. The Labute approximate surface area is 117 Å². The van der Waals surface area contributed by atoms with Gasteiger partial charge in [0.05, 0.1) is 7.11 Å². The average molecular weight is 261 g/mol. The SMILES string of the molecule is CCCNC(c1cc(C)c(OC)cc1C)C1CC1C. The predicted octanol–water partition coefficient (Wildman–Crippen LogP) is 4.01. The van der Waals surface area contributed by atoms with Crippen LogP contribution in [0.2, 0.25) is 0 Å². The van der Waals surface area contributed by atoms with E-state index in [1.807, 2.05) is 0 Å². The van der Waals surface area contributed by atoms with E-state index in [4.69, 9.17) is 4.74 Å². The van der Waals surface area contributed by atoms with Gasteiger partial charge in [0.2, 0.25) is 0 Å². The smallest absolute Gasteiger partial charge is 0.122 e. The molecule has 3 unspecified atom stereocenters. The van der Waals surface area contributed by atoms with E-state index >= 15 is 0 Å². The van der Waals surface area contributed by atoms with Crippen molar-refractivity contribution in [2.24, 2.45) is 11.8 Å². The molecule has 0 bridgehead atoms. The van der Waals surface area contributed by atoms with Crippen molar-refractivity contribution >= 4 is 0 Å². The number of rotatable bonds is 6. The second kappa shape index (κ2) is 5.96. The van der Waals surface area contributed by atoms with Gasteiger partial charge in [-0.05, 0) is 67.8 Å². The van der Waals surface area contributed by atoms with E-state index in [2.05, 4.69) is 45.1 Å². The van der Waals surface area contributed by atoms with Crippen LogP contribution >= 0.6 is 0 Å². The van der Waals surface area contributed by atoms with Gasteiger partial charge in [-0.25, -0.2) is 0 Å². The third-order valence-electron chi connectivity index (χ3n) is 4.33. The van der Waals surface area contributed by atoms with Crippen LogP contribution in [0.15, 0.2) is 12.1 Å². The molecule has 0 aromatic heterocycles. The van der Waals surface area contributed by atoms with E-state index in [1.165, 1.54) is 29.5 Å². The highest BCUT2D eigenvalue weighted by atomic mass is 16.5. The Morgan fingerprint density at radius 2 is 2.00 bits per heavy atom. The van der Waals surface area contributed by atoms with Gasteiger partial charge < -0.3 is 10.1 Å². The molecule has 1 aromatic rings. The van der Waals surface area contributed by atoms with Crippen molar-refractivity contribution in [3.8, 4) is 5.75 Å². The summed E-state index contributed by atoms with van der Waals surface area (Å²) in [5, 5.41) is 3.74. The summed E-state index contributed by atoms with van der Waals surface area (Å²) in [7, 11) is 1.75. The van der Waals surface area contributed by atoms with Gasteiger partial charge in [0.25, 0.3) is 0 Å². The van der Waals surface area contributed by atoms with Crippen molar-refractivity contribution in [1.29, 1.82) is 0 Å². The fraction of sp³-hybridized carbons (Fsp3) is 0.647. The monoisotopic (exact) mass is 261 g/mol. The van der Waals surface area contributed by atoms with Crippen LogP contribution in [0.25, 0.3) is 0 Å². The highest BCUT2D eigenvalue weighted by Gasteiger charge is 2.40. The van der Waals surface area contributed by atoms with Crippen molar-refractivity contribution in [3.63, 3.8) is 0 Å². The standard InChI is InChI=1S/C17H27NO/c1-6-7-18-17(14-8-11(14)2)15-9-13(4)16(19-5)10-12(15)3/h9-11,14,17-18H,6-8H2,1-5H3. The third-order valence-corrected chi connectivity index (χ3v) is 4.33. The average Bonchev–Trinajstić information content (AvgIpc) is 3.10. The number of benzene rings is 1. The molecule has 2 rings (SSSR count). The van der Waals surface area contributed by atoms with Crippen LogP contribution in [0.3, 0.4) is 0 Å². The van der Waals surface area contributed by atoms with E-state index in [1.54, 1.807) is 7.11 Å². The summed E-state index contributed by atoms with van der Waals surface area (Å²) in [4.78, 5) is 0. The van der Waals surface area contributed by atoms with Crippen LogP contribution in [0.5, 0.6) is 5.75 Å². The molecular weight excluding hydrogens is 234 g/mol. The fourth-order valence-corrected chi connectivity index (χ4v) is 2.97. The lowest BCUT2D eigenvalue weighted by Crippen LogP contribution is -2.25. The van der Waals surface area contributed by atoms with E-state index in [9.17, 15) is 0 Å². The van der Waals surface area contributed by atoms with Crippen molar-refractivity contribution in [2.75, 3.05) is 13.7 Å². The summed E-state index contributed by atoms with van der Waals surface area (Å²) >= 11 is 0. The van der Waals surface area contributed by atoms with Gasteiger partial charge in [0, 0.05) is 6.04 Å². The number of nitrogens with one attached hydrogen (secondary N) is 1. The molecule has 19 heavy (non-hydrogen) atoms. The molecule has 1 N–H and O–H groups in total. The van der Waals surface area contributed by atoms with Gasteiger partial charge >= 0.3 is 0 Å². The summed E-state index contributed by atoms with van der Waals surface area (Å²) < 4.78 is 5.42. The van der Waals surface area contributed by atoms with Crippen LogP contribution in [-0.4, -0.2) is 13.7 Å². The molecule has 0 heterocycles. The first kappa shape index (κ1) is 14.4. The molecule has 0 aliphatic heterocycles. The van der Waals surface area contributed by atoms with Gasteiger partial charge in [-0.15, -0.1) is 0 Å². The second-order valence-electron chi connectivity index (χ2n) is 5.99. The Balaban J connectivity index is 2.28. The van der Waals surface area contributed by atoms with Gasteiger partial charge in [-0.3, -0.25) is 0 Å². The van der Waals surface area contributed by atoms with Crippen molar-refractivity contribution in [2.45, 2.75) is 46.6 Å². The molecular formula is C17H27NO. The molecule has 0 saturated heterocycles. The molecule has 1 aromatic carbocycles. The normalized spacial score (nSPS) is 23.2. The Hall–Kier alpha value is -1.02. The van der Waals surface area contributed by atoms with Crippen LogP contribution in [0.4, 0.5) is 0 Å². The zero-order valence-electron chi connectivity index (χ0n) is 12.9. The summed E-state index contributed by atoms with van der Waals surface area (Å²) in [6.45, 7) is 10.0. The Morgan fingerprint density at radius 1 is 1.32 bits per heavy atom. The molecule has 1 fully saturated rings. The predicted molar refractivity (Wildman–Crippen MR) is 80.8 cm³/mol. The maximum atomic E-state index is 5.42. The molecule has 0 spiro atoms. The first-order valence-electron chi connectivity index (χ1n) is 7.47. The lowest BCUT2D eigenvalue weighted by molar-refractivity contribution is 0.409. The van der Waals surface area contributed by atoms with Crippen molar-refractivity contribution in [1.82, 2.24) is 5.32 Å². The Bertz CT molecular complexity index is 441. The molecule has 0 radical (unpaired) electrons. The van der Waals surface area contributed by atoms with Gasteiger partial charge in [0.1, 0.15) is 5.75 Å². The van der Waals surface area contributed by atoms with Crippen LogP contribution in [-0.2, 0) is 0 Å². The van der Waals surface area contributed by atoms with Gasteiger partial charge in [-0.2, -0.15) is 0 Å². The molecule has 1 aliphatic carbocycles. The number of hydrogen-bond acceptors (Lipinski definition) is 2. The molecule has 3 atom stereocenters. The first-order valence-corrected chi connectivity index (χ1v) is 7.47. The van der Waals surface area contributed by atoms with Gasteiger partial charge in [-0.1, -0.05) is 19.9 Å². The number of hydrogen-bond donors (Lipinski definition) is 1. The maximum Gasteiger partial charge on any atom is 0.122 e. The zero-order chi connectivity index (χ0) is 14.0. The minimum absolute atomic E-state index is 0.513. The van der Waals surface area contributed by atoms with Crippen LogP contribution in [0.1, 0.15) is 49.4 Å². The first-order chi connectivity index (χ1) is 9.08. The van der Waals surface area contributed by atoms with Crippen molar-refractivity contribution in [3.05, 3.63) is 28.8 Å². The number of ether oxygens (including phenoxy) is 1. The maximum absolute atomic E-state index is 5.42. The molecule has 0 amide bonds. The number of methoxy groups -OCH3 is 1. The minimum atomic E-state index is 0.513. The van der Waals surface area contributed by atoms with Gasteiger partial charge in [0.15, 0.2) is 0 Å². The van der Waals surface area contributed by atoms with Crippen molar-refractivity contribution < 1.29 is 4.74 Å². The van der Waals surface area contributed by atoms with E-state index in [0.29, 0.717) is 6.04 Å². The molecule has 1 saturated carbocycles. The summed E-state index contributed by atoms with van der Waals surface area (Å²) in [6.07, 6.45) is 2.54. The molecule has 106 valence electrons.